The van der Waals surface area contributed by atoms with Gasteiger partial charge in [0.1, 0.15) is 24.2 Å². The molecule has 0 fully saturated rings. The summed E-state index contributed by atoms with van der Waals surface area (Å²) >= 11 is 12.4. The number of nitrogens with zero attached hydrogens (tertiary/aromatic N) is 2. The first-order chi connectivity index (χ1) is 21.5. The molecular weight excluding hydrogens is 640 g/mol. The first-order valence-electron chi connectivity index (χ1n) is 14.0. The monoisotopic (exact) mass is 671 g/mol. The van der Waals surface area contributed by atoms with Crippen molar-refractivity contribution in [2.45, 2.75) is 30.8 Å². The Kier molecular flexibility index (Phi) is 11.4. The summed E-state index contributed by atoms with van der Waals surface area (Å²) in [7, 11) is -2.89. The summed E-state index contributed by atoms with van der Waals surface area (Å²) in [6.45, 7) is 1.43. The summed E-state index contributed by atoms with van der Waals surface area (Å²) in [5, 5.41) is 3.20. The van der Waals surface area contributed by atoms with Crippen LogP contribution in [0.2, 0.25) is 10.0 Å². The van der Waals surface area contributed by atoms with Crippen molar-refractivity contribution in [3.8, 4) is 5.75 Å². The molecule has 0 radical (unpaired) electrons. The number of sulfonamides is 1. The Hall–Kier alpha value is -4.12. The molecule has 1 atom stereocenters. The number of nitrogens with one attached hydrogen (secondary N) is 1. The highest BCUT2D eigenvalue weighted by atomic mass is 35.5. The predicted octanol–water partition coefficient (Wildman–Crippen LogP) is 6.11. The minimum atomic E-state index is -4.35. The minimum absolute atomic E-state index is 0.0627. The van der Waals surface area contributed by atoms with Crippen LogP contribution in [0.25, 0.3) is 0 Å². The standard InChI is InChI=1S/C33H32Cl2FN3O5S/c1-3-44-27-14-16-28(17-15-27)45(42,43)39(26-12-10-25(36)11-13-26)22-32(40)38(21-24-9-18-29(34)30(35)19-24)31(33(41)37-2)20-23-7-5-4-6-8-23/h4-19,31H,3,20-22H2,1-2H3,(H,37,41). The number of hydrogen-bond donors (Lipinski definition) is 1. The molecule has 4 aromatic carbocycles. The lowest BCUT2D eigenvalue weighted by Gasteiger charge is -2.33. The van der Waals surface area contributed by atoms with Gasteiger partial charge in [0.2, 0.25) is 11.8 Å². The summed E-state index contributed by atoms with van der Waals surface area (Å²) in [5.74, 6) is -1.23. The van der Waals surface area contributed by atoms with E-state index in [0.29, 0.717) is 22.9 Å². The summed E-state index contributed by atoms with van der Waals surface area (Å²) in [6.07, 6.45) is 0.149. The molecule has 1 N–H and O–H groups in total. The highest BCUT2D eigenvalue weighted by Gasteiger charge is 2.34. The van der Waals surface area contributed by atoms with E-state index in [1.807, 2.05) is 30.3 Å². The largest absolute Gasteiger partial charge is 0.494 e. The van der Waals surface area contributed by atoms with Gasteiger partial charge in [-0.25, -0.2) is 12.8 Å². The maximum Gasteiger partial charge on any atom is 0.264 e. The number of anilines is 1. The maximum absolute atomic E-state index is 14.3. The zero-order chi connectivity index (χ0) is 32.6. The first-order valence-corrected chi connectivity index (χ1v) is 16.2. The third-order valence-corrected chi connectivity index (χ3v) is 9.50. The van der Waals surface area contributed by atoms with Crippen molar-refractivity contribution >= 4 is 50.7 Å². The van der Waals surface area contributed by atoms with E-state index >= 15 is 0 Å². The number of carbonyl (C=O) groups excluding carboxylic acids is 2. The fourth-order valence-corrected chi connectivity index (χ4v) is 6.43. The molecule has 0 aliphatic carbocycles. The van der Waals surface area contributed by atoms with Gasteiger partial charge in [-0.15, -0.1) is 0 Å². The van der Waals surface area contributed by atoms with Crippen LogP contribution in [0, 0.1) is 5.82 Å². The second kappa shape index (κ2) is 15.2. The van der Waals surface area contributed by atoms with Crippen molar-refractivity contribution in [2.75, 3.05) is 24.5 Å². The lowest BCUT2D eigenvalue weighted by molar-refractivity contribution is -0.139. The van der Waals surface area contributed by atoms with Crippen molar-refractivity contribution < 1.29 is 27.1 Å². The van der Waals surface area contributed by atoms with Gasteiger partial charge < -0.3 is 15.0 Å². The molecule has 2 amide bonds. The van der Waals surface area contributed by atoms with Crippen LogP contribution in [0.1, 0.15) is 18.1 Å². The van der Waals surface area contributed by atoms with Gasteiger partial charge in [-0.05, 0) is 78.7 Å². The van der Waals surface area contributed by atoms with Gasteiger partial charge in [0.25, 0.3) is 10.0 Å². The molecular formula is C33H32Cl2FN3O5S. The molecule has 0 spiro atoms. The van der Waals surface area contributed by atoms with E-state index in [1.54, 1.807) is 25.1 Å². The maximum atomic E-state index is 14.3. The van der Waals surface area contributed by atoms with Crippen molar-refractivity contribution in [3.05, 3.63) is 124 Å². The molecule has 8 nitrogen and oxygen atoms in total. The molecule has 0 saturated carbocycles. The molecule has 0 bridgehead atoms. The molecule has 0 heterocycles. The van der Waals surface area contributed by atoms with Crippen molar-refractivity contribution in [1.82, 2.24) is 10.2 Å². The Balaban J connectivity index is 1.78. The Bertz CT molecular complexity index is 1720. The number of likely N-dealkylation sites (N-methyl/N-ethyl adjacent to an activating group) is 1. The Morgan fingerprint density at radius 1 is 0.889 bits per heavy atom. The fraction of sp³-hybridized carbons (Fsp3) is 0.212. The van der Waals surface area contributed by atoms with Gasteiger partial charge in [-0.3, -0.25) is 13.9 Å². The summed E-state index contributed by atoms with van der Waals surface area (Å²) < 4.78 is 48.3. The van der Waals surface area contributed by atoms with Gasteiger partial charge in [-0.2, -0.15) is 0 Å². The van der Waals surface area contributed by atoms with E-state index in [4.69, 9.17) is 27.9 Å². The van der Waals surface area contributed by atoms with Crippen molar-refractivity contribution in [2.24, 2.45) is 0 Å². The number of halogens is 3. The van der Waals surface area contributed by atoms with Gasteiger partial charge in [-0.1, -0.05) is 59.6 Å². The SMILES string of the molecule is CCOc1ccc(S(=O)(=O)N(CC(=O)N(Cc2ccc(Cl)c(Cl)c2)C(Cc2ccccc2)C(=O)NC)c2ccc(F)cc2)cc1. The Morgan fingerprint density at radius 2 is 1.56 bits per heavy atom. The zero-order valence-corrected chi connectivity index (χ0v) is 26.9. The van der Waals surface area contributed by atoms with E-state index < -0.39 is 40.2 Å². The molecule has 0 aliphatic heterocycles. The number of amides is 2. The summed E-state index contributed by atoms with van der Waals surface area (Å²) in [6, 6.07) is 23.5. The minimum Gasteiger partial charge on any atom is -0.494 e. The smallest absolute Gasteiger partial charge is 0.264 e. The fourth-order valence-electron chi connectivity index (χ4n) is 4.69. The van der Waals surface area contributed by atoms with Crippen LogP contribution in [0.5, 0.6) is 5.75 Å². The van der Waals surface area contributed by atoms with Crippen molar-refractivity contribution in [3.63, 3.8) is 0 Å². The lowest BCUT2D eigenvalue weighted by atomic mass is 10.0. The summed E-state index contributed by atoms with van der Waals surface area (Å²) in [4.78, 5) is 28.8. The molecule has 0 saturated heterocycles. The molecule has 0 aromatic heterocycles. The predicted molar refractivity (Wildman–Crippen MR) is 174 cm³/mol. The van der Waals surface area contributed by atoms with E-state index in [0.717, 1.165) is 22.0 Å². The number of ether oxygens (including phenoxy) is 1. The quantitative estimate of drug-likeness (QED) is 0.185. The molecule has 236 valence electrons. The number of hydrogen-bond acceptors (Lipinski definition) is 5. The molecule has 4 rings (SSSR count). The highest BCUT2D eigenvalue weighted by Crippen LogP contribution is 2.28. The number of carbonyl (C=O) groups is 2. The molecule has 45 heavy (non-hydrogen) atoms. The van der Waals surface area contributed by atoms with Gasteiger partial charge in [0.15, 0.2) is 0 Å². The van der Waals surface area contributed by atoms with E-state index in [-0.39, 0.29) is 28.6 Å². The van der Waals surface area contributed by atoms with Crippen LogP contribution in [-0.2, 0) is 32.6 Å². The second-order valence-corrected chi connectivity index (χ2v) is 12.7. The number of benzene rings is 4. The van der Waals surface area contributed by atoms with Crippen LogP contribution in [-0.4, -0.2) is 51.4 Å². The Morgan fingerprint density at radius 3 is 2.16 bits per heavy atom. The third-order valence-electron chi connectivity index (χ3n) is 6.97. The molecule has 0 aliphatic rings. The molecule has 12 heteroatoms. The van der Waals surface area contributed by atoms with Gasteiger partial charge >= 0.3 is 0 Å². The van der Waals surface area contributed by atoms with E-state index in [2.05, 4.69) is 5.32 Å². The highest BCUT2D eigenvalue weighted by molar-refractivity contribution is 7.92. The van der Waals surface area contributed by atoms with Crippen LogP contribution >= 0.6 is 23.2 Å². The zero-order valence-electron chi connectivity index (χ0n) is 24.6. The van der Waals surface area contributed by atoms with Crippen molar-refractivity contribution in [1.29, 1.82) is 0 Å². The van der Waals surface area contributed by atoms with E-state index in [1.165, 1.54) is 48.3 Å². The summed E-state index contributed by atoms with van der Waals surface area (Å²) in [5.41, 5.74) is 1.42. The first kappa shape index (κ1) is 33.8. The Labute approximate surface area is 272 Å². The topological polar surface area (TPSA) is 96.0 Å². The lowest BCUT2D eigenvalue weighted by Crippen LogP contribution is -2.53. The average Bonchev–Trinajstić information content (AvgIpc) is 3.04. The van der Waals surface area contributed by atoms with Gasteiger partial charge in [0.05, 0.1) is 27.2 Å². The average molecular weight is 673 g/mol. The third kappa shape index (κ3) is 8.54. The van der Waals surface area contributed by atoms with Gasteiger partial charge in [0, 0.05) is 20.0 Å². The molecule has 4 aromatic rings. The van der Waals surface area contributed by atoms with E-state index in [9.17, 15) is 22.4 Å². The van der Waals surface area contributed by atoms with Crippen LogP contribution in [0.15, 0.2) is 102 Å². The van der Waals surface area contributed by atoms with Crippen LogP contribution < -0.4 is 14.4 Å². The van der Waals surface area contributed by atoms with Crippen LogP contribution in [0.3, 0.4) is 0 Å². The second-order valence-electron chi connectivity index (χ2n) is 9.98. The number of rotatable bonds is 13. The molecule has 1 unspecified atom stereocenters. The normalized spacial score (nSPS) is 11.8. The van der Waals surface area contributed by atoms with Crippen LogP contribution in [0.4, 0.5) is 10.1 Å².